The van der Waals surface area contributed by atoms with Gasteiger partial charge in [0.05, 0.1) is 22.7 Å². The quantitative estimate of drug-likeness (QED) is 0.720. The second-order valence-corrected chi connectivity index (χ2v) is 5.84. The SMILES string of the molecule is O=C(O)N1CCC(n2c(=O)[nH]c3c4ccccc4ncc32)CC1. The van der Waals surface area contributed by atoms with Crippen molar-refractivity contribution in [2.24, 2.45) is 0 Å². The Bertz CT molecular complexity index is 951. The minimum Gasteiger partial charge on any atom is -0.465 e. The van der Waals surface area contributed by atoms with Gasteiger partial charge in [-0.2, -0.15) is 0 Å². The molecule has 0 radical (unpaired) electrons. The summed E-state index contributed by atoms with van der Waals surface area (Å²) in [5.41, 5.74) is 2.25. The highest BCUT2D eigenvalue weighted by Gasteiger charge is 2.26. The summed E-state index contributed by atoms with van der Waals surface area (Å²) in [4.78, 5) is 32.2. The molecule has 0 atom stereocenters. The maximum absolute atomic E-state index is 12.4. The summed E-state index contributed by atoms with van der Waals surface area (Å²) in [6, 6.07) is 7.69. The van der Waals surface area contributed by atoms with Crippen LogP contribution in [0.2, 0.25) is 0 Å². The normalized spacial score (nSPS) is 16.3. The van der Waals surface area contributed by atoms with Crippen molar-refractivity contribution in [3.63, 3.8) is 0 Å². The highest BCUT2D eigenvalue weighted by atomic mass is 16.4. The lowest BCUT2D eigenvalue weighted by Crippen LogP contribution is -2.39. The monoisotopic (exact) mass is 312 g/mol. The van der Waals surface area contributed by atoms with Crippen LogP contribution in [-0.4, -0.2) is 43.7 Å². The van der Waals surface area contributed by atoms with Crippen LogP contribution in [0, 0.1) is 0 Å². The molecule has 1 aliphatic heterocycles. The number of benzene rings is 1. The molecule has 2 N–H and O–H groups in total. The van der Waals surface area contributed by atoms with Gasteiger partial charge in [-0.3, -0.25) is 9.55 Å². The van der Waals surface area contributed by atoms with Crippen LogP contribution in [0.4, 0.5) is 4.79 Å². The van der Waals surface area contributed by atoms with Crippen LogP contribution in [0.5, 0.6) is 0 Å². The number of pyridine rings is 1. The Kier molecular flexibility index (Phi) is 3.07. The number of H-pyrrole nitrogens is 1. The van der Waals surface area contributed by atoms with E-state index in [9.17, 15) is 9.59 Å². The molecule has 0 saturated carbocycles. The van der Waals surface area contributed by atoms with E-state index in [1.807, 2.05) is 24.3 Å². The number of carbonyl (C=O) groups is 1. The molecule has 3 heterocycles. The third kappa shape index (κ3) is 2.16. The summed E-state index contributed by atoms with van der Waals surface area (Å²) in [6.07, 6.45) is 2.08. The predicted octanol–water partition coefficient (Wildman–Crippen LogP) is 2.19. The number of rotatable bonds is 1. The van der Waals surface area contributed by atoms with Crippen molar-refractivity contribution in [2.45, 2.75) is 18.9 Å². The zero-order valence-electron chi connectivity index (χ0n) is 12.4. The van der Waals surface area contributed by atoms with Crippen LogP contribution in [-0.2, 0) is 0 Å². The Morgan fingerprint density at radius 3 is 2.74 bits per heavy atom. The molecule has 1 aliphatic rings. The zero-order valence-corrected chi connectivity index (χ0v) is 12.4. The lowest BCUT2D eigenvalue weighted by molar-refractivity contribution is 0.125. The highest BCUT2D eigenvalue weighted by Crippen LogP contribution is 2.27. The van der Waals surface area contributed by atoms with E-state index in [0.29, 0.717) is 25.9 Å². The summed E-state index contributed by atoms with van der Waals surface area (Å²) in [6.45, 7) is 0.889. The number of piperidine rings is 1. The number of carboxylic acid groups (broad SMARTS) is 1. The van der Waals surface area contributed by atoms with Gasteiger partial charge in [0, 0.05) is 24.5 Å². The Hall–Kier alpha value is -2.83. The fraction of sp³-hybridized carbons (Fsp3) is 0.312. The lowest BCUT2D eigenvalue weighted by Gasteiger charge is -2.30. The molecule has 23 heavy (non-hydrogen) atoms. The van der Waals surface area contributed by atoms with Gasteiger partial charge in [0.1, 0.15) is 0 Å². The van der Waals surface area contributed by atoms with Crippen LogP contribution in [0.3, 0.4) is 0 Å². The molecule has 118 valence electrons. The molecule has 0 unspecified atom stereocenters. The van der Waals surface area contributed by atoms with Crippen molar-refractivity contribution in [2.75, 3.05) is 13.1 Å². The number of imidazole rings is 1. The first kappa shape index (κ1) is 13.8. The largest absolute Gasteiger partial charge is 0.465 e. The predicted molar refractivity (Wildman–Crippen MR) is 85.7 cm³/mol. The number of amides is 1. The topological polar surface area (TPSA) is 91.2 Å². The molecule has 7 heteroatoms. The van der Waals surface area contributed by atoms with E-state index in [0.717, 1.165) is 21.9 Å². The molecule has 1 aromatic carbocycles. The number of para-hydroxylation sites is 1. The molecular weight excluding hydrogens is 296 g/mol. The van der Waals surface area contributed by atoms with Crippen LogP contribution in [0.1, 0.15) is 18.9 Å². The van der Waals surface area contributed by atoms with Crippen molar-refractivity contribution in [1.29, 1.82) is 0 Å². The summed E-state index contributed by atoms with van der Waals surface area (Å²) in [5.74, 6) is 0. The number of fused-ring (bicyclic) bond motifs is 3. The molecule has 0 aliphatic carbocycles. The van der Waals surface area contributed by atoms with Crippen LogP contribution >= 0.6 is 0 Å². The standard InChI is InChI=1S/C16H16N4O3/c21-15-18-14-11-3-1-2-4-12(11)17-9-13(14)20(15)10-5-7-19(8-6-10)16(22)23/h1-4,9-10H,5-8H2,(H,18,21)(H,22,23). The van der Waals surface area contributed by atoms with Gasteiger partial charge in [-0.05, 0) is 18.9 Å². The fourth-order valence-electron chi connectivity index (χ4n) is 3.40. The Labute approximate surface area is 131 Å². The number of likely N-dealkylation sites (tertiary alicyclic amines) is 1. The smallest absolute Gasteiger partial charge is 0.407 e. The first-order valence-electron chi connectivity index (χ1n) is 7.61. The second-order valence-electron chi connectivity index (χ2n) is 5.84. The molecule has 3 aromatic rings. The summed E-state index contributed by atoms with van der Waals surface area (Å²) >= 11 is 0. The van der Waals surface area contributed by atoms with E-state index in [2.05, 4.69) is 9.97 Å². The van der Waals surface area contributed by atoms with E-state index in [-0.39, 0.29) is 11.7 Å². The molecule has 1 amide bonds. The molecule has 0 bridgehead atoms. The number of nitrogens with zero attached hydrogens (tertiary/aromatic N) is 3. The van der Waals surface area contributed by atoms with Crippen molar-refractivity contribution < 1.29 is 9.90 Å². The first-order valence-corrected chi connectivity index (χ1v) is 7.61. The third-order valence-electron chi connectivity index (χ3n) is 4.57. The number of aromatic nitrogens is 3. The lowest BCUT2D eigenvalue weighted by atomic mass is 10.0. The number of nitrogens with one attached hydrogen (secondary N) is 1. The summed E-state index contributed by atoms with van der Waals surface area (Å²) in [7, 11) is 0. The van der Waals surface area contributed by atoms with Crippen molar-refractivity contribution in [1.82, 2.24) is 19.4 Å². The highest BCUT2D eigenvalue weighted by molar-refractivity contribution is 6.01. The van der Waals surface area contributed by atoms with E-state index >= 15 is 0 Å². The van der Waals surface area contributed by atoms with Crippen LogP contribution in [0.25, 0.3) is 21.9 Å². The second kappa shape index (κ2) is 5.12. The molecule has 0 spiro atoms. The fourth-order valence-corrected chi connectivity index (χ4v) is 3.40. The molecular formula is C16H16N4O3. The van der Waals surface area contributed by atoms with Crippen LogP contribution < -0.4 is 5.69 Å². The number of aromatic amines is 1. The van der Waals surface area contributed by atoms with E-state index < -0.39 is 6.09 Å². The summed E-state index contributed by atoms with van der Waals surface area (Å²) < 4.78 is 1.73. The van der Waals surface area contributed by atoms with Gasteiger partial charge in [-0.25, -0.2) is 9.59 Å². The number of hydrogen-bond donors (Lipinski definition) is 2. The van der Waals surface area contributed by atoms with Gasteiger partial charge in [-0.1, -0.05) is 18.2 Å². The van der Waals surface area contributed by atoms with E-state index in [1.54, 1.807) is 10.8 Å². The average Bonchev–Trinajstić information content (AvgIpc) is 2.91. The minimum atomic E-state index is -0.901. The van der Waals surface area contributed by atoms with Gasteiger partial charge in [0.25, 0.3) is 0 Å². The Morgan fingerprint density at radius 1 is 1.26 bits per heavy atom. The van der Waals surface area contributed by atoms with Gasteiger partial charge in [0.2, 0.25) is 0 Å². The molecule has 4 rings (SSSR count). The van der Waals surface area contributed by atoms with Gasteiger partial charge < -0.3 is 15.0 Å². The van der Waals surface area contributed by atoms with Gasteiger partial charge in [0.15, 0.2) is 0 Å². The minimum absolute atomic E-state index is 0.00480. The molecule has 7 nitrogen and oxygen atoms in total. The molecule has 1 saturated heterocycles. The maximum Gasteiger partial charge on any atom is 0.407 e. The van der Waals surface area contributed by atoms with E-state index in [1.165, 1.54) is 4.90 Å². The van der Waals surface area contributed by atoms with Gasteiger partial charge >= 0.3 is 11.8 Å². The van der Waals surface area contributed by atoms with E-state index in [4.69, 9.17) is 5.11 Å². The molecule has 2 aromatic heterocycles. The van der Waals surface area contributed by atoms with Crippen molar-refractivity contribution in [3.05, 3.63) is 40.9 Å². The average molecular weight is 312 g/mol. The first-order chi connectivity index (χ1) is 11.1. The summed E-state index contributed by atoms with van der Waals surface area (Å²) in [5, 5.41) is 9.96. The molecule has 1 fully saturated rings. The Morgan fingerprint density at radius 2 is 2.00 bits per heavy atom. The zero-order chi connectivity index (χ0) is 16.0. The Balaban J connectivity index is 1.79. The van der Waals surface area contributed by atoms with Gasteiger partial charge in [-0.15, -0.1) is 0 Å². The van der Waals surface area contributed by atoms with Crippen LogP contribution in [0.15, 0.2) is 35.3 Å². The van der Waals surface area contributed by atoms with Crippen molar-refractivity contribution >= 4 is 28.0 Å². The van der Waals surface area contributed by atoms with Crippen molar-refractivity contribution in [3.8, 4) is 0 Å². The number of hydrogen-bond acceptors (Lipinski definition) is 3. The maximum atomic E-state index is 12.4. The third-order valence-corrected chi connectivity index (χ3v) is 4.57.